The molecule has 1 saturated carbocycles. The van der Waals surface area contributed by atoms with Crippen LogP contribution >= 0.6 is 0 Å². The third kappa shape index (κ3) is 3.25. The number of aliphatic carboxylic acids is 1. The molecule has 0 aromatic heterocycles. The summed E-state index contributed by atoms with van der Waals surface area (Å²) in [7, 11) is 0. The molecular formula is C15H27NO2. The first kappa shape index (κ1) is 13.9. The lowest BCUT2D eigenvalue weighted by atomic mass is 9.79. The van der Waals surface area contributed by atoms with E-state index in [1.165, 1.54) is 32.1 Å². The second-order valence-corrected chi connectivity index (χ2v) is 6.44. The van der Waals surface area contributed by atoms with E-state index < -0.39 is 5.97 Å². The largest absolute Gasteiger partial charge is 0.481 e. The van der Waals surface area contributed by atoms with Crippen molar-refractivity contribution in [2.24, 2.45) is 11.8 Å². The SMILES string of the molecule is CC(C)C1CCC(N2CCCC2CC(=O)O)CC1. The molecule has 0 spiro atoms. The van der Waals surface area contributed by atoms with Gasteiger partial charge in [0.15, 0.2) is 0 Å². The number of carboxylic acid groups (broad SMARTS) is 1. The Morgan fingerprint density at radius 2 is 1.89 bits per heavy atom. The Hall–Kier alpha value is -0.570. The normalized spacial score (nSPS) is 34.1. The van der Waals surface area contributed by atoms with Crippen LogP contribution in [0.3, 0.4) is 0 Å². The van der Waals surface area contributed by atoms with Crippen LogP contribution in [0.5, 0.6) is 0 Å². The third-order valence-electron chi connectivity index (χ3n) is 4.99. The Morgan fingerprint density at radius 3 is 2.44 bits per heavy atom. The Balaban J connectivity index is 1.86. The van der Waals surface area contributed by atoms with Crippen LogP contribution in [0.25, 0.3) is 0 Å². The highest BCUT2D eigenvalue weighted by Crippen LogP contribution is 2.35. The van der Waals surface area contributed by atoms with E-state index >= 15 is 0 Å². The van der Waals surface area contributed by atoms with Crippen LogP contribution in [0.1, 0.15) is 58.8 Å². The minimum absolute atomic E-state index is 0.308. The number of hydrogen-bond donors (Lipinski definition) is 1. The zero-order chi connectivity index (χ0) is 13.1. The highest BCUT2D eigenvalue weighted by atomic mass is 16.4. The third-order valence-corrected chi connectivity index (χ3v) is 4.99. The fraction of sp³-hybridized carbons (Fsp3) is 0.933. The smallest absolute Gasteiger partial charge is 0.304 e. The molecule has 18 heavy (non-hydrogen) atoms. The van der Waals surface area contributed by atoms with Gasteiger partial charge >= 0.3 is 5.97 Å². The van der Waals surface area contributed by atoms with Gasteiger partial charge in [-0.3, -0.25) is 9.69 Å². The van der Waals surface area contributed by atoms with E-state index in [0.717, 1.165) is 24.8 Å². The van der Waals surface area contributed by atoms with Crippen LogP contribution in [0, 0.1) is 11.8 Å². The number of nitrogens with zero attached hydrogens (tertiary/aromatic N) is 1. The predicted octanol–water partition coefficient (Wildman–Crippen LogP) is 3.14. The molecule has 0 radical (unpaired) electrons. The van der Waals surface area contributed by atoms with Gasteiger partial charge in [-0.25, -0.2) is 0 Å². The monoisotopic (exact) mass is 253 g/mol. The molecule has 3 heteroatoms. The molecule has 3 nitrogen and oxygen atoms in total. The van der Waals surface area contributed by atoms with E-state index in [2.05, 4.69) is 18.7 Å². The van der Waals surface area contributed by atoms with Crippen LogP contribution in [-0.2, 0) is 4.79 Å². The average molecular weight is 253 g/mol. The number of carbonyl (C=O) groups is 1. The van der Waals surface area contributed by atoms with E-state index in [-0.39, 0.29) is 0 Å². The molecule has 0 bridgehead atoms. The van der Waals surface area contributed by atoms with Crippen molar-refractivity contribution >= 4 is 5.97 Å². The molecule has 2 aliphatic rings. The number of likely N-dealkylation sites (tertiary alicyclic amines) is 1. The Kier molecular flexibility index (Phi) is 4.66. The summed E-state index contributed by atoms with van der Waals surface area (Å²) in [6, 6.07) is 0.968. The number of carboxylic acids is 1. The van der Waals surface area contributed by atoms with E-state index in [0.29, 0.717) is 18.5 Å². The van der Waals surface area contributed by atoms with Crippen LogP contribution in [0.2, 0.25) is 0 Å². The Labute approximate surface area is 111 Å². The number of rotatable bonds is 4. The van der Waals surface area contributed by atoms with Crippen molar-refractivity contribution in [3.05, 3.63) is 0 Å². The lowest BCUT2D eigenvalue weighted by Crippen LogP contribution is -2.42. The van der Waals surface area contributed by atoms with Crippen molar-refractivity contribution in [3.63, 3.8) is 0 Å². The van der Waals surface area contributed by atoms with Gasteiger partial charge in [-0.1, -0.05) is 13.8 Å². The second kappa shape index (κ2) is 6.05. The van der Waals surface area contributed by atoms with Crippen LogP contribution in [-0.4, -0.2) is 34.6 Å². The van der Waals surface area contributed by atoms with Crippen molar-refractivity contribution in [1.82, 2.24) is 4.90 Å². The van der Waals surface area contributed by atoms with E-state index in [1.807, 2.05) is 0 Å². The Morgan fingerprint density at radius 1 is 1.22 bits per heavy atom. The van der Waals surface area contributed by atoms with E-state index in [9.17, 15) is 4.79 Å². The molecular weight excluding hydrogens is 226 g/mol. The van der Waals surface area contributed by atoms with Crippen molar-refractivity contribution in [3.8, 4) is 0 Å². The summed E-state index contributed by atoms with van der Waals surface area (Å²) in [5.74, 6) is 1.06. The van der Waals surface area contributed by atoms with E-state index in [4.69, 9.17) is 5.11 Å². The first-order valence-electron chi connectivity index (χ1n) is 7.55. The minimum Gasteiger partial charge on any atom is -0.481 e. The summed E-state index contributed by atoms with van der Waals surface area (Å²) >= 11 is 0. The first-order valence-corrected chi connectivity index (χ1v) is 7.55. The standard InChI is InChI=1S/C15H27NO2/c1-11(2)12-5-7-13(8-6-12)16-9-3-4-14(16)10-15(17)18/h11-14H,3-10H2,1-2H3,(H,17,18). The van der Waals surface area contributed by atoms with Crippen LogP contribution in [0.4, 0.5) is 0 Å². The second-order valence-electron chi connectivity index (χ2n) is 6.44. The summed E-state index contributed by atoms with van der Waals surface area (Å²) in [6.07, 6.45) is 7.82. The molecule has 1 N–H and O–H groups in total. The van der Waals surface area contributed by atoms with Gasteiger partial charge in [0.05, 0.1) is 6.42 Å². The quantitative estimate of drug-likeness (QED) is 0.836. The zero-order valence-corrected chi connectivity index (χ0v) is 11.8. The van der Waals surface area contributed by atoms with Gasteiger partial charge in [0, 0.05) is 12.1 Å². The number of hydrogen-bond acceptors (Lipinski definition) is 2. The molecule has 1 aliphatic carbocycles. The van der Waals surface area contributed by atoms with Crippen molar-refractivity contribution in [2.75, 3.05) is 6.54 Å². The Bertz CT molecular complexity index is 282. The topological polar surface area (TPSA) is 40.5 Å². The highest BCUT2D eigenvalue weighted by molar-refractivity contribution is 5.67. The van der Waals surface area contributed by atoms with Gasteiger partial charge in [0.2, 0.25) is 0 Å². The minimum atomic E-state index is -0.636. The van der Waals surface area contributed by atoms with Crippen molar-refractivity contribution < 1.29 is 9.90 Å². The summed E-state index contributed by atoms with van der Waals surface area (Å²) < 4.78 is 0. The lowest BCUT2D eigenvalue weighted by Gasteiger charge is -2.38. The maximum atomic E-state index is 10.9. The lowest BCUT2D eigenvalue weighted by molar-refractivity contribution is -0.138. The van der Waals surface area contributed by atoms with Gasteiger partial charge in [-0.15, -0.1) is 0 Å². The highest BCUT2D eigenvalue weighted by Gasteiger charge is 2.34. The molecule has 1 unspecified atom stereocenters. The van der Waals surface area contributed by atoms with Gasteiger partial charge in [0.25, 0.3) is 0 Å². The fourth-order valence-electron chi connectivity index (χ4n) is 3.86. The van der Waals surface area contributed by atoms with Crippen LogP contribution < -0.4 is 0 Å². The van der Waals surface area contributed by atoms with Crippen LogP contribution in [0.15, 0.2) is 0 Å². The summed E-state index contributed by atoms with van der Waals surface area (Å²) in [5.41, 5.74) is 0. The molecule has 1 aliphatic heterocycles. The summed E-state index contributed by atoms with van der Waals surface area (Å²) in [5, 5.41) is 8.98. The molecule has 2 fully saturated rings. The van der Waals surface area contributed by atoms with Gasteiger partial charge in [-0.05, 0) is 56.9 Å². The molecule has 104 valence electrons. The molecule has 2 rings (SSSR count). The van der Waals surface area contributed by atoms with Gasteiger partial charge in [0.1, 0.15) is 0 Å². The zero-order valence-electron chi connectivity index (χ0n) is 11.8. The maximum absolute atomic E-state index is 10.9. The molecule has 0 aromatic rings. The van der Waals surface area contributed by atoms with Crippen molar-refractivity contribution in [1.29, 1.82) is 0 Å². The predicted molar refractivity (Wildman–Crippen MR) is 72.6 cm³/mol. The fourth-order valence-corrected chi connectivity index (χ4v) is 3.86. The average Bonchev–Trinajstić information content (AvgIpc) is 2.76. The molecule has 1 heterocycles. The van der Waals surface area contributed by atoms with Crippen molar-refractivity contribution in [2.45, 2.75) is 70.9 Å². The van der Waals surface area contributed by atoms with Gasteiger partial charge in [-0.2, -0.15) is 0 Å². The maximum Gasteiger partial charge on any atom is 0.304 e. The molecule has 1 atom stereocenters. The first-order chi connectivity index (χ1) is 8.58. The molecule has 0 amide bonds. The summed E-state index contributed by atoms with van der Waals surface area (Å²) in [4.78, 5) is 13.4. The van der Waals surface area contributed by atoms with Gasteiger partial charge < -0.3 is 5.11 Å². The van der Waals surface area contributed by atoms with E-state index in [1.54, 1.807) is 0 Å². The molecule has 0 aromatic carbocycles. The molecule has 1 saturated heterocycles. The summed E-state index contributed by atoms with van der Waals surface area (Å²) in [6.45, 7) is 5.77.